The van der Waals surface area contributed by atoms with Gasteiger partial charge >= 0.3 is 0 Å². The Morgan fingerprint density at radius 2 is 1.87 bits per heavy atom. The zero-order valence-corrected chi connectivity index (χ0v) is 10.8. The van der Waals surface area contributed by atoms with Gasteiger partial charge in [-0.25, -0.2) is 0 Å². The van der Waals surface area contributed by atoms with Crippen LogP contribution in [0.5, 0.6) is 0 Å². The summed E-state index contributed by atoms with van der Waals surface area (Å²) in [5, 5.41) is 3.35. The summed E-state index contributed by atoms with van der Waals surface area (Å²) in [5.74, 6) is 2.04. The second-order valence-corrected chi connectivity index (χ2v) is 3.91. The van der Waals surface area contributed by atoms with Crippen molar-refractivity contribution in [3.05, 3.63) is 23.2 Å². The maximum atomic E-state index is 5.78. The van der Waals surface area contributed by atoms with E-state index in [4.69, 9.17) is 4.74 Å². The second kappa shape index (κ2) is 8.54. The Bertz CT molecular complexity index is 225. The molecule has 1 N–H and O–H groups in total. The topological polar surface area (TPSA) is 21.3 Å². The number of hydrogen-bond acceptors (Lipinski definition) is 2. The van der Waals surface area contributed by atoms with Crippen LogP contribution < -0.4 is 5.32 Å². The van der Waals surface area contributed by atoms with Crippen molar-refractivity contribution in [2.75, 3.05) is 13.1 Å². The Balaban J connectivity index is 4.17. The monoisotopic (exact) mass is 211 g/mol. The highest BCUT2D eigenvalue weighted by Crippen LogP contribution is 2.10. The van der Waals surface area contributed by atoms with Crippen molar-refractivity contribution in [3.8, 4) is 0 Å². The molecule has 0 radical (unpaired) electrons. The lowest BCUT2D eigenvalue weighted by atomic mass is 10.3. The van der Waals surface area contributed by atoms with Crippen LogP contribution in [0.15, 0.2) is 23.2 Å². The molecule has 0 saturated heterocycles. The first-order valence-electron chi connectivity index (χ1n) is 5.83. The summed E-state index contributed by atoms with van der Waals surface area (Å²) < 4.78 is 5.78. The highest BCUT2D eigenvalue weighted by atomic mass is 16.5. The largest absolute Gasteiger partial charge is 0.465 e. The predicted molar refractivity (Wildman–Crippen MR) is 66.7 cm³/mol. The first-order chi connectivity index (χ1) is 7.11. The van der Waals surface area contributed by atoms with Gasteiger partial charge in [-0.2, -0.15) is 0 Å². The highest BCUT2D eigenvalue weighted by molar-refractivity contribution is 5.06. The number of hydrogen-bond donors (Lipinski definition) is 1. The molecule has 0 fully saturated rings. The molecule has 2 heteroatoms. The highest BCUT2D eigenvalue weighted by Gasteiger charge is 2.00. The minimum absolute atomic E-state index is 0.826. The lowest BCUT2D eigenvalue weighted by Gasteiger charge is -2.12. The third-order valence-electron chi connectivity index (χ3n) is 2.15. The van der Waals surface area contributed by atoms with Crippen molar-refractivity contribution in [3.63, 3.8) is 0 Å². The zero-order chi connectivity index (χ0) is 11.7. The van der Waals surface area contributed by atoms with Gasteiger partial charge in [-0.1, -0.05) is 13.8 Å². The molecule has 0 amide bonds. The van der Waals surface area contributed by atoms with Gasteiger partial charge in [0.2, 0.25) is 0 Å². The molecule has 0 bridgehead atoms. The summed E-state index contributed by atoms with van der Waals surface area (Å²) in [7, 11) is 0. The molecule has 0 aromatic rings. The molecule has 0 heterocycles. The second-order valence-electron chi connectivity index (χ2n) is 3.91. The number of allylic oxidation sites excluding steroid dienone is 3. The summed E-state index contributed by atoms with van der Waals surface area (Å²) in [6.07, 6.45) is 4.30. The summed E-state index contributed by atoms with van der Waals surface area (Å²) in [6.45, 7) is 12.3. The SMILES string of the molecule is CCC=C(CNCCC)OC(C)=C(C)C. The summed E-state index contributed by atoms with van der Waals surface area (Å²) in [5.41, 5.74) is 1.23. The quantitative estimate of drug-likeness (QED) is 0.513. The van der Waals surface area contributed by atoms with E-state index in [1.165, 1.54) is 5.57 Å². The van der Waals surface area contributed by atoms with Gasteiger partial charge in [0.1, 0.15) is 5.76 Å². The minimum Gasteiger partial charge on any atom is -0.465 e. The lowest BCUT2D eigenvalue weighted by molar-refractivity contribution is 0.288. The molecule has 0 aliphatic rings. The van der Waals surface area contributed by atoms with Crippen molar-refractivity contribution in [1.29, 1.82) is 0 Å². The van der Waals surface area contributed by atoms with Crippen LogP contribution in [-0.2, 0) is 4.74 Å². The summed E-state index contributed by atoms with van der Waals surface area (Å²) in [6, 6.07) is 0. The van der Waals surface area contributed by atoms with E-state index in [0.717, 1.165) is 37.4 Å². The summed E-state index contributed by atoms with van der Waals surface area (Å²) in [4.78, 5) is 0. The lowest BCUT2D eigenvalue weighted by Crippen LogP contribution is -2.19. The molecule has 0 spiro atoms. The Kier molecular flexibility index (Phi) is 8.11. The molecule has 0 aromatic carbocycles. The van der Waals surface area contributed by atoms with Crippen molar-refractivity contribution in [2.45, 2.75) is 47.5 Å². The van der Waals surface area contributed by atoms with Crippen LogP contribution in [0.25, 0.3) is 0 Å². The molecule has 2 nitrogen and oxygen atoms in total. The van der Waals surface area contributed by atoms with Crippen molar-refractivity contribution < 1.29 is 4.74 Å². The smallest absolute Gasteiger partial charge is 0.113 e. The van der Waals surface area contributed by atoms with Crippen LogP contribution in [0.2, 0.25) is 0 Å². The molecule has 15 heavy (non-hydrogen) atoms. The van der Waals surface area contributed by atoms with Crippen molar-refractivity contribution in [2.24, 2.45) is 0 Å². The third-order valence-corrected chi connectivity index (χ3v) is 2.15. The van der Waals surface area contributed by atoms with Gasteiger partial charge in [-0.15, -0.1) is 0 Å². The van der Waals surface area contributed by atoms with E-state index in [2.05, 4.69) is 39.1 Å². The van der Waals surface area contributed by atoms with Gasteiger partial charge < -0.3 is 10.1 Å². The fraction of sp³-hybridized carbons (Fsp3) is 0.692. The van der Waals surface area contributed by atoms with Gasteiger partial charge in [0.25, 0.3) is 0 Å². The molecule has 0 aliphatic heterocycles. The maximum absolute atomic E-state index is 5.78. The van der Waals surface area contributed by atoms with Crippen LogP contribution in [-0.4, -0.2) is 13.1 Å². The van der Waals surface area contributed by atoms with Gasteiger partial charge in [-0.05, 0) is 51.8 Å². The van der Waals surface area contributed by atoms with Gasteiger partial charge in [0.05, 0.1) is 12.3 Å². The fourth-order valence-corrected chi connectivity index (χ4v) is 1.06. The average molecular weight is 211 g/mol. The van der Waals surface area contributed by atoms with Crippen LogP contribution in [0.1, 0.15) is 47.5 Å². The Morgan fingerprint density at radius 1 is 1.20 bits per heavy atom. The van der Waals surface area contributed by atoms with Crippen LogP contribution >= 0.6 is 0 Å². The number of ether oxygens (including phenoxy) is 1. The minimum atomic E-state index is 0.826. The van der Waals surface area contributed by atoms with E-state index < -0.39 is 0 Å². The molecule has 0 saturated carbocycles. The molecule has 0 aliphatic carbocycles. The third kappa shape index (κ3) is 7.20. The zero-order valence-electron chi connectivity index (χ0n) is 10.8. The molecule has 0 rings (SSSR count). The van der Waals surface area contributed by atoms with E-state index in [9.17, 15) is 0 Å². The molecule has 0 atom stereocenters. The molecular formula is C13H25NO. The van der Waals surface area contributed by atoms with Crippen molar-refractivity contribution in [1.82, 2.24) is 5.32 Å². The normalized spacial score (nSPS) is 11.4. The van der Waals surface area contributed by atoms with E-state index in [0.29, 0.717) is 0 Å². The molecule has 0 aromatic heterocycles. The molecule has 88 valence electrons. The maximum Gasteiger partial charge on any atom is 0.113 e. The molecular weight excluding hydrogens is 186 g/mol. The Labute approximate surface area is 94.4 Å². The first-order valence-corrected chi connectivity index (χ1v) is 5.83. The fourth-order valence-electron chi connectivity index (χ4n) is 1.06. The Hall–Kier alpha value is -0.760. The standard InChI is InChI=1S/C13H25NO/c1-6-8-13(10-14-9-7-2)15-12(5)11(3)4/h8,14H,6-7,9-10H2,1-5H3. The van der Waals surface area contributed by atoms with Gasteiger partial charge in [-0.3, -0.25) is 0 Å². The van der Waals surface area contributed by atoms with Crippen LogP contribution in [0, 0.1) is 0 Å². The van der Waals surface area contributed by atoms with Crippen LogP contribution in [0.4, 0.5) is 0 Å². The number of nitrogens with one attached hydrogen (secondary N) is 1. The Morgan fingerprint density at radius 3 is 2.33 bits per heavy atom. The predicted octanol–water partition coefficient (Wildman–Crippen LogP) is 3.61. The molecule has 0 unspecified atom stereocenters. The van der Waals surface area contributed by atoms with Crippen molar-refractivity contribution >= 4 is 0 Å². The van der Waals surface area contributed by atoms with Gasteiger partial charge in [0, 0.05) is 0 Å². The average Bonchev–Trinajstić information content (AvgIpc) is 2.18. The van der Waals surface area contributed by atoms with E-state index >= 15 is 0 Å². The van der Waals surface area contributed by atoms with Gasteiger partial charge in [0.15, 0.2) is 0 Å². The van der Waals surface area contributed by atoms with E-state index in [1.807, 2.05) is 6.92 Å². The first kappa shape index (κ1) is 14.2. The van der Waals surface area contributed by atoms with E-state index in [1.54, 1.807) is 0 Å². The number of rotatable bonds is 7. The van der Waals surface area contributed by atoms with E-state index in [-0.39, 0.29) is 0 Å². The summed E-state index contributed by atoms with van der Waals surface area (Å²) >= 11 is 0. The van der Waals surface area contributed by atoms with Crippen LogP contribution in [0.3, 0.4) is 0 Å².